The maximum atomic E-state index is 12.0. The summed E-state index contributed by atoms with van der Waals surface area (Å²) in [6.45, 7) is 3.17. The molecule has 4 heteroatoms. The third-order valence-electron chi connectivity index (χ3n) is 3.66. The minimum atomic E-state index is 0.124. The number of carbonyl (C=O) groups excluding carboxylic acids is 1. The number of nitrogens with zero attached hydrogens (tertiary/aromatic N) is 1. The molecule has 0 spiro atoms. The molecule has 0 saturated carbocycles. The van der Waals surface area contributed by atoms with Gasteiger partial charge in [0.2, 0.25) is 0 Å². The monoisotopic (exact) mass is 250 g/mol. The van der Waals surface area contributed by atoms with Crippen molar-refractivity contribution in [1.82, 2.24) is 5.32 Å². The number of nitrogens with one attached hydrogen (secondary N) is 1. The van der Waals surface area contributed by atoms with Gasteiger partial charge in [0.1, 0.15) is 5.78 Å². The summed E-state index contributed by atoms with van der Waals surface area (Å²) in [5.74, 6) is 0.671. The van der Waals surface area contributed by atoms with E-state index < -0.39 is 0 Å². The van der Waals surface area contributed by atoms with Gasteiger partial charge < -0.3 is 10.2 Å². The number of hydrogen-bond donors (Lipinski definition) is 1. The fourth-order valence-corrected chi connectivity index (χ4v) is 3.04. The number of rotatable bonds is 1. The number of carbonyl (C=O) groups is 1. The maximum absolute atomic E-state index is 12.0. The van der Waals surface area contributed by atoms with Crippen LogP contribution >= 0.6 is 11.6 Å². The average molecular weight is 251 g/mol. The molecule has 3 nitrogen and oxygen atoms in total. The van der Waals surface area contributed by atoms with Crippen LogP contribution in [0.2, 0.25) is 5.02 Å². The maximum Gasteiger partial charge on any atom is 0.145 e. The van der Waals surface area contributed by atoms with Crippen LogP contribution in [0.15, 0.2) is 24.3 Å². The molecule has 2 aliphatic rings. The summed E-state index contributed by atoms with van der Waals surface area (Å²) in [7, 11) is 0. The van der Waals surface area contributed by atoms with E-state index >= 15 is 0 Å². The zero-order valence-electron chi connectivity index (χ0n) is 9.53. The minimum Gasteiger partial charge on any atom is -0.369 e. The van der Waals surface area contributed by atoms with E-state index in [4.69, 9.17) is 11.6 Å². The van der Waals surface area contributed by atoms with Crippen LogP contribution in [0.5, 0.6) is 0 Å². The number of benzene rings is 1. The molecule has 90 valence electrons. The first-order chi connectivity index (χ1) is 8.25. The molecule has 1 N–H and O–H groups in total. The SMILES string of the molecule is O=C1C2CNCC1CN(c1ccccc1Cl)C2. The van der Waals surface area contributed by atoms with E-state index in [1.807, 2.05) is 24.3 Å². The van der Waals surface area contributed by atoms with Gasteiger partial charge in [0.05, 0.1) is 10.7 Å². The Morgan fingerprint density at radius 1 is 1.18 bits per heavy atom. The summed E-state index contributed by atoms with van der Waals surface area (Å²) in [6.07, 6.45) is 0. The summed E-state index contributed by atoms with van der Waals surface area (Å²) >= 11 is 6.21. The highest BCUT2D eigenvalue weighted by atomic mass is 35.5. The van der Waals surface area contributed by atoms with E-state index in [1.54, 1.807) is 0 Å². The molecule has 2 heterocycles. The normalized spacial score (nSPS) is 28.3. The Balaban J connectivity index is 1.87. The van der Waals surface area contributed by atoms with Crippen molar-refractivity contribution >= 4 is 23.1 Å². The first-order valence-electron chi connectivity index (χ1n) is 5.99. The highest BCUT2D eigenvalue weighted by Crippen LogP contribution is 2.30. The van der Waals surface area contributed by atoms with Crippen molar-refractivity contribution in [2.75, 3.05) is 31.1 Å². The molecule has 1 aromatic carbocycles. The standard InChI is InChI=1S/C13H15ClN2O/c14-11-3-1-2-4-12(11)16-7-9-5-15-6-10(8-16)13(9)17/h1-4,9-10,15H,5-8H2. The summed E-state index contributed by atoms with van der Waals surface area (Å²) in [5, 5.41) is 4.09. The number of fused-ring (bicyclic) bond motifs is 2. The zero-order chi connectivity index (χ0) is 11.8. The number of anilines is 1. The van der Waals surface area contributed by atoms with E-state index in [1.165, 1.54) is 0 Å². The fourth-order valence-electron chi connectivity index (χ4n) is 2.79. The van der Waals surface area contributed by atoms with Gasteiger partial charge in [0.15, 0.2) is 0 Å². The van der Waals surface area contributed by atoms with Crippen LogP contribution in [0.25, 0.3) is 0 Å². The van der Waals surface area contributed by atoms with Crippen LogP contribution < -0.4 is 10.2 Å². The average Bonchev–Trinajstić information content (AvgIpc) is 2.29. The number of para-hydroxylation sites is 1. The molecule has 2 aliphatic heterocycles. The van der Waals surface area contributed by atoms with Crippen LogP contribution in [0, 0.1) is 11.8 Å². The summed E-state index contributed by atoms with van der Waals surface area (Å²) < 4.78 is 0. The van der Waals surface area contributed by atoms with Gasteiger partial charge in [0, 0.05) is 38.0 Å². The van der Waals surface area contributed by atoms with Crippen molar-refractivity contribution in [2.24, 2.45) is 11.8 Å². The lowest BCUT2D eigenvalue weighted by molar-refractivity contribution is -0.129. The molecule has 0 aromatic heterocycles. The van der Waals surface area contributed by atoms with Crippen LogP contribution in [0.1, 0.15) is 0 Å². The van der Waals surface area contributed by atoms with Crippen molar-refractivity contribution in [3.63, 3.8) is 0 Å². The second-order valence-electron chi connectivity index (χ2n) is 4.81. The molecule has 17 heavy (non-hydrogen) atoms. The van der Waals surface area contributed by atoms with E-state index in [0.717, 1.165) is 36.9 Å². The molecular weight excluding hydrogens is 236 g/mol. The molecule has 2 bridgehead atoms. The Kier molecular flexibility index (Phi) is 2.81. The number of ketones is 1. The third kappa shape index (κ3) is 1.94. The smallest absolute Gasteiger partial charge is 0.145 e. The van der Waals surface area contributed by atoms with Crippen molar-refractivity contribution in [3.8, 4) is 0 Å². The van der Waals surface area contributed by atoms with E-state index in [-0.39, 0.29) is 11.8 Å². The number of hydrogen-bond acceptors (Lipinski definition) is 3. The number of piperidine rings is 2. The van der Waals surface area contributed by atoms with E-state index in [0.29, 0.717) is 5.78 Å². The Bertz CT molecular complexity index is 433. The van der Waals surface area contributed by atoms with Crippen molar-refractivity contribution < 1.29 is 4.79 Å². The highest BCUT2D eigenvalue weighted by Gasteiger charge is 2.38. The van der Waals surface area contributed by atoms with Crippen LogP contribution in [-0.4, -0.2) is 32.0 Å². The van der Waals surface area contributed by atoms with Gasteiger partial charge in [-0.15, -0.1) is 0 Å². The number of Topliss-reactive ketones (excluding diaryl/α,β-unsaturated/α-hetero) is 1. The first-order valence-corrected chi connectivity index (χ1v) is 6.37. The van der Waals surface area contributed by atoms with Gasteiger partial charge in [-0.2, -0.15) is 0 Å². The summed E-state index contributed by atoms with van der Waals surface area (Å²) in [6, 6.07) is 7.86. The van der Waals surface area contributed by atoms with E-state index in [9.17, 15) is 4.79 Å². The quantitative estimate of drug-likeness (QED) is 0.821. The number of halogens is 1. The van der Waals surface area contributed by atoms with Gasteiger partial charge in [-0.1, -0.05) is 23.7 Å². The minimum absolute atomic E-state index is 0.124. The predicted octanol–water partition coefficient (Wildman–Crippen LogP) is 1.56. The highest BCUT2D eigenvalue weighted by molar-refractivity contribution is 6.33. The molecule has 2 atom stereocenters. The third-order valence-corrected chi connectivity index (χ3v) is 3.98. The lowest BCUT2D eigenvalue weighted by Gasteiger charge is -2.41. The topological polar surface area (TPSA) is 32.3 Å². The van der Waals surface area contributed by atoms with Gasteiger partial charge in [-0.25, -0.2) is 0 Å². The van der Waals surface area contributed by atoms with Crippen molar-refractivity contribution in [3.05, 3.63) is 29.3 Å². The Hall–Kier alpha value is -1.06. The van der Waals surface area contributed by atoms with Crippen LogP contribution in [0.3, 0.4) is 0 Å². The second kappa shape index (κ2) is 4.31. The predicted molar refractivity (Wildman–Crippen MR) is 68.5 cm³/mol. The molecule has 1 aromatic rings. The summed E-state index contributed by atoms with van der Waals surface area (Å²) in [4.78, 5) is 14.2. The first kappa shape index (κ1) is 11.1. The Labute approximate surface area is 106 Å². The Morgan fingerprint density at radius 3 is 2.47 bits per heavy atom. The van der Waals surface area contributed by atoms with Crippen molar-refractivity contribution in [1.29, 1.82) is 0 Å². The van der Waals surface area contributed by atoms with Gasteiger partial charge in [0.25, 0.3) is 0 Å². The molecule has 2 fully saturated rings. The van der Waals surface area contributed by atoms with Gasteiger partial charge >= 0.3 is 0 Å². The summed E-state index contributed by atoms with van der Waals surface area (Å²) in [5.41, 5.74) is 1.05. The molecule has 0 radical (unpaired) electrons. The van der Waals surface area contributed by atoms with Crippen LogP contribution in [-0.2, 0) is 4.79 Å². The molecule has 0 amide bonds. The fraction of sp³-hybridized carbons (Fsp3) is 0.462. The van der Waals surface area contributed by atoms with Gasteiger partial charge in [-0.3, -0.25) is 4.79 Å². The zero-order valence-corrected chi connectivity index (χ0v) is 10.3. The molecule has 2 saturated heterocycles. The molecular formula is C13H15ClN2O. The van der Waals surface area contributed by atoms with E-state index in [2.05, 4.69) is 10.2 Å². The lowest BCUT2D eigenvalue weighted by Crippen LogP contribution is -2.57. The lowest BCUT2D eigenvalue weighted by atomic mass is 9.84. The molecule has 2 unspecified atom stereocenters. The Morgan fingerprint density at radius 2 is 1.82 bits per heavy atom. The van der Waals surface area contributed by atoms with Crippen molar-refractivity contribution in [2.45, 2.75) is 0 Å². The van der Waals surface area contributed by atoms with Crippen LogP contribution in [0.4, 0.5) is 5.69 Å². The molecule has 0 aliphatic carbocycles. The molecule has 3 rings (SSSR count). The second-order valence-corrected chi connectivity index (χ2v) is 5.22. The van der Waals surface area contributed by atoms with Gasteiger partial charge in [-0.05, 0) is 12.1 Å². The largest absolute Gasteiger partial charge is 0.369 e.